The van der Waals surface area contributed by atoms with Crippen molar-refractivity contribution in [3.8, 4) is 0 Å². The predicted octanol–water partition coefficient (Wildman–Crippen LogP) is 1.78. The SMILES string of the molecule is CN1CC(Nc2ncc(Br)cc2[N+](=O)[O-])CCC1=O. The van der Waals surface area contributed by atoms with Gasteiger partial charge in [-0.2, -0.15) is 0 Å². The van der Waals surface area contributed by atoms with Gasteiger partial charge in [0.2, 0.25) is 11.7 Å². The monoisotopic (exact) mass is 328 g/mol. The zero-order chi connectivity index (χ0) is 14.0. The van der Waals surface area contributed by atoms with Crippen molar-refractivity contribution >= 4 is 33.3 Å². The van der Waals surface area contributed by atoms with Gasteiger partial charge in [-0.15, -0.1) is 0 Å². The van der Waals surface area contributed by atoms with Crippen LogP contribution < -0.4 is 5.32 Å². The summed E-state index contributed by atoms with van der Waals surface area (Å²) in [6, 6.07) is 1.39. The molecule has 19 heavy (non-hydrogen) atoms. The zero-order valence-corrected chi connectivity index (χ0v) is 11.9. The number of amides is 1. The molecule has 2 rings (SSSR count). The zero-order valence-electron chi connectivity index (χ0n) is 10.3. The van der Waals surface area contributed by atoms with E-state index in [9.17, 15) is 14.9 Å². The van der Waals surface area contributed by atoms with Gasteiger partial charge in [0.1, 0.15) is 0 Å². The van der Waals surface area contributed by atoms with Crippen molar-refractivity contribution in [2.45, 2.75) is 18.9 Å². The van der Waals surface area contributed by atoms with E-state index in [1.165, 1.54) is 12.3 Å². The van der Waals surface area contributed by atoms with Crippen LogP contribution in [0, 0.1) is 10.1 Å². The van der Waals surface area contributed by atoms with Crippen LogP contribution in [0.25, 0.3) is 0 Å². The van der Waals surface area contributed by atoms with Crippen molar-refractivity contribution in [2.75, 3.05) is 18.9 Å². The molecular weight excluding hydrogens is 316 g/mol. The quantitative estimate of drug-likeness (QED) is 0.675. The van der Waals surface area contributed by atoms with Crippen molar-refractivity contribution < 1.29 is 9.72 Å². The van der Waals surface area contributed by atoms with Crippen LogP contribution in [-0.2, 0) is 4.79 Å². The maximum absolute atomic E-state index is 11.4. The van der Waals surface area contributed by atoms with Crippen molar-refractivity contribution in [3.63, 3.8) is 0 Å². The molecule has 1 aliphatic rings. The third kappa shape index (κ3) is 3.19. The molecule has 1 N–H and O–H groups in total. The molecule has 0 saturated carbocycles. The second kappa shape index (κ2) is 5.52. The van der Waals surface area contributed by atoms with E-state index in [4.69, 9.17) is 0 Å². The van der Waals surface area contributed by atoms with Crippen molar-refractivity contribution in [1.29, 1.82) is 0 Å². The van der Waals surface area contributed by atoms with Crippen molar-refractivity contribution in [3.05, 3.63) is 26.9 Å². The second-order valence-electron chi connectivity index (χ2n) is 4.43. The molecule has 1 aromatic heterocycles. The number of aromatic nitrogens is 1. The Kier molecular flexibility index (Phi) is 3.98. The number of piperidine rings is 1. The van der Waals surface area contributed by atoms with E-state index in [1.54, 1.807) is 11.9 Å². The van der Waals surface area contributed by atoms with Crippen LogP contribution >= 0.6 is 15.9 Å². The largest absolute Gasteiger partial charge is 0.360 e. The highest BCUT2D eigenvalue weighted by atomic mass is 79.9. The number of likely N-dealkylation sites (N-methyl/N-ethyl adjacent to an activating group) is 1. The second-order valence-corrected chi connectivity index (χ2v) is 5.35. The summed E-state index contributed by atoms with van der Waals surface area (Å²) < 4.78 is 0.556. The summed E-state index contributed by atoms with van der Waals surface area (Å²) in [7, 11) is 1.72. The van der Waals surface area contributed by atoms with Gasteiger partial charge in [0.05, 0.1) is 4.92 Å². The molecule has 0 radical (unpaired) electrons. The summed E-state index contributed by atoms with van der Waals surface area (Å²) in [5, 5.41) is 14.0. The fourth-order valence-corrected chi connectivity index (χ4v) is 2.32. The molecule has 0 aromatic carbocycles. The first-order chi connectivity index (χ1) is 8.97. The Morgan fingerprint density at radius 1 is 1.63 bits per heavy atom. The Balaban J connectivity index is 2.15. The summed E-state index contributed by atoms with van der Waals surface area (Å²) in [6.45, 7) is 0.522. The minimum absolute atomic E-state index is 0.0184. The number of likely N-dealkylation sites (tertiary alicyclic amines) is 1. The normalized spacial score (nSPS) is 19.4. The first-order valence-electron chi connectivity index (χ1n) is 5.78. The molecule has 1 saturated heterocycles. The molecule has 0 spiro atoms. The van der Waals surface area contributed by atoms with Gasteiger partial charge in [-0.05, 0) is 22.4 Å². The number of nitrogens with one attached hydrogen (secondary N) is 1. The van der Waals surface area contributed by atoms with Gasteiger partial charge in [0.25, 0.3) is 0 Å². The number of anilines is 1. The maximum atomic E-state index is 11.4. The molecule has 7 nitrogen and oxygen atoms in total. The summed E-state index contributed by atoms with van der Waals surface area (Å²) in [6.07, 6.45) is 2.60. The van der Waals surface area contributed by atoms with Crippen LogP contribution in [0.1, 0.15) is 12.8 Å². The first-order valence-corrected chi connectivity index (χ1v) is 6.57. The van der Waals surface area contributed by atoms with Gasteiger partial charge in [0.15, 0.2) is 0 Å². The van der Waals surface area contributed by atoms with E-state index in [0.717, 1.165) is 0 Å². The van der Waals surface area contributed by atoms with E-state index < -0.39 is 4.92 Å². The number of hydrogen-bond donors (Lipinski definition) is 1. The Bertz CT molecular complexity index is 523. The maximum Gasteiger partial charge on any atom is 0.312 e. The standard InChI is InChI=1S/C11H13BrN4O3/c1-15-6-8(2-3-10(15)17)14-11-9(16(18)19)4-7(12)5-13-11/h4-5,8H,2-3,6H2,1H3,(H,13,14). The molecule has 2 heterocycles. The van der Waals surface area contributed by atoms with Crippen LogP contribution in [0.5, 0.6) is 0 Å². The fraction of sp³-hybridized carbons (Fsp3) is 0.455. The Morgan fingerprint density at radius 2 is 2.37 bits per heavy atom. The number of carbonyl (C=O) groups is 1. The first kappa shape index (κ1) is 13.7. The third-order valence-electron chi connectivity index (χ3n) is 3.00. The summed E-state index contributed by atoms with van der Waals surface area (Å²) in [5.41, 5.74) is -0.0751. The van der Waals surface area contributed by atoms with E-state index in [-0.39, 0.29) is 23.5 Å². The van der Waals surface area contributed by atoms with Gasteiger partial charge in [-0.3, -0.25) is 14.9 Å². The molecule has 1 fully saturated rings. The fourth-order valence-electron chi connectivity index (χ4n) is 2.00. The summed E-state index contributed by atoms with van der Waals surface area (Å²) in [4.78, 5) is 27.5. The lowest BCUT2D eigenvalue weighted by Gasteiger charge is -2.30. The number of nitrogens with zero attached hydrogens (tertiary/aromatic N) is 3. The molecule has 1 aliphatic heterocycles. The topological polar surface area (TPSA) is 88.4 Å². The number of pyridine rings is 1. The minimum Gasteiger partial charge on any atom is -0.360 e. The Labute approximate surface area is 118 Å². The lowest BCUT2D eigenvalue weighted by Crippen LogP contribution is -2.43. The summed E-state index contributed by atoms with van der Waals surface area (Å²) >= 11 is 3.16. The number of nitro groups is 1. The van der Waals surface area contributed by atoms with Gasteiger partial charge < -0.3 is 10.2 Å². The predicted molar refractivity (Wildman–Crippen MR) is 72.9 cm³/mol. The van der Waals surface area contributed by atoms with Gasteiger partial charge in [0, 0.05) is 42.8 Å². The van der Waals surface area contributed by atoms with Crippen molar-refractivity contribution in [1.82, 2.24) is 9.88 Å². The molecule has 102 valence electrons. The lowest BCUT2D eigenvalue weighted by atomic mass is 10.1. The van der Waals surface area contributed by atoms with E-state index >= 15 is 0 Å². The van der Waals surface area contributed by atoms with E-state index in [0.29, 0.717) is 23.9 Å². The molecule has 0 aliphatic carbocycles. The number of rotatable bonds is 3. The molecule has 1 aromatic rings. The highest BCUT2D eigenvalue weighted by Crippen LogP contribution is 2.27. The third-order valence-corrected chi connectivity index (χ3v) is 3.43. The van der Waals surface area contributed by atoms with Gasteiger partial charge in [-0.1, -0.05) is 0 Å². The molecular formula is C11H13BrN4O3. The van der Waals surface area contributed by atoms with Crippen molar-refractivity contribution in [2.24, 2.45) is 0 Å². The Hall–Kier alpha value is -1.70. The number of carbonyl (C=O) groups excluding carboxylic acids is 1. The van der Waals surface area contributed by atoms with Crippen LogP contribution in [0.15, 0.2) is 16.7 Å². The average molecular weight is 329 g/mol. The van der Waals surface area contributed by atoms with Gasteiger partial charge in [-0.25, -0.2) is 4.98 Å². The molecule has 1 unspecified atom stereocenters. The van der Waals surface area contributed by atoms with Crippen LogP contribution in [0.4, 0.5) is 11.5 Å². The van der Waals surface area contributed by atoms with Crippen LogP contribution in [0.3, 0.4) is 0 Å². The highest BCUT2D eigenvalue weighted by molar-refractivity contribution is 9.10. The summed E-state index contributed by atoms with van der Waals surface area (Å²) in [5.74, 6) is 0.331. The van der Waals surface area contributed by atoms with Crippen LogP contribution in [-0.4, -0.2) is 40.3 Å². The van der Waals surface area contributed by atoms with E-state index in [1.807, 2.05) is 0 Å². The molecule has 8 heteroatoms. The Morgan fingerprint density at radius 3 is 3.00 bits per heavy atom. The minimum atomic E-state index is -0.474. The lowest BCUT2D eigenvalue weighted by molar-refractivity contribution is -0.384. The van der Waals surface area contributed by atoms with Crippen LogP contribution in [0.2, 0.25) is 0 Å². The van der Waals surface area contributed by atoms with E-state index in [2.05, 4.69) is 26.2 Å². The number of hydrogen-bond acceptors (Lipinski definition) is 5. The molecule has 1 amide bonds. The highest BCUT2D eigenvalue weighted by Gasteiger charge is 2.25. The smallest absolute Gasteiger partial charge is 0.312 e. The van der Waals surface area contributed by atoms with Gasteiger partial charge >= 0.3 is 5.69 Å². The molecule has 1 atom stereocenters. The number of halogens is 1. The molecule has 0 bridgehead atoms. The average Bonchev–Trinajstić information content (AvgIpc) is 2.36.